The number of rotatable bonds is 4. The van der Waals surface area contributed by atoms with Crippen molar-refractivity contribution in [3.8, 4) is 11.5 Å². The van der Waals surface area contributed by atoms with Gasteiger partial charge in [-0.25, -0.2) is 0 Å². The SMILES string of the molecule is O=C(NC(c1ccc2c(c1)OCCO2)C1CC1)C1CNC1. The minimum Gasteiger partial charge on any atom is -0.486 e. The third-order valence-electron chi connectivity index (χ3n) is 4.47. The predicted octanol–water partition coefficient (Wildman–Crippen LogP) is 1.24. The second kappa shape index (κ2) is 5.22. The van der Waals surface area contributed by atoms with Crippen LogP contribution in [0.3, 0.4) is 0 Å². The molecule has 2 fully saturated rings. The molecular weight excluding hydrogens is 268 g/mol. The lowest BCUT2D eigenvalue weighted by Crippen LogP contribution is -2.51. The van der Waals surface area contributed by atoms with E-state index in [1.54, 1.807) is 0 Å². The maximum Gasteiger partial charge on any atom is 0.226 e. The van der Waals surface area contributed by atoms with Crippen molar-refractivity contribution in [1.82, 2.24) is 10.6 Å². The first-order chi connectivity index (χ1) is 10.3. The normalized spacial score (nSPS) is 22.3. The Morgan fingerprint density at radius 1 is 1.19 bits per heavy atom. The molecular formula is C16H20N2O3. The van der Waals surface area contributed by atoms with Gasteiger partial charge in [-0.1, -0.05) is 6.07 Å². The van der Waals surface area contributed by atoms with E-state index >= 15 is 0 Å². The number of nitrogens with one attached hydrogen (secondary N) is 2. The number of carbonyl (C=O) groups is 1. The van der Waals surface area contributed by atoms with Crippen LogP contribution in [0.4, 0.5) is 0 Å². The summed E-state index contributed by atoms with van der Waals surface area (Å²) in [4.78, 5) is 12.2. The average Bonchev–Trinajstić information content (AvgIpc) is 3.27. The number of carbonyl (C=O) groups excluding carboxylic acids is 1. The van der Waals surface area contributed by atoms with E-state index in [1.807, 2.05) is 12.1 Å². The summed E-state index contributed by atoms with van der Waals surface area (Å²) >= 11 is 0. The van der Waals surface area contributed by atoms with E-state index < -0.39 is 0 Å². The van der Waals surface area contributed by atoms with Gasteiger partial charge in [0.15, 0.2) is 11.5 Å². The first-order valence-electron chi connectivity index (χ1n) is 7.72. The minimum atomic E-state index is 0.105. The van der Waals surface area contributed by atoms with Crippen molar-refractivity contribution in [3.05, 3.63) is 23.8 Å². The highest BCUT2D eigenvalue weighted by molar-refractivity contribution is 5.80. The first-order valence-corrected chi connectivity index (χ1v) is 7.72. The Bertz CT molecular complexity index is 552. The average molecular weight is 288 g/mol. The molecule has 112 valence electrons. The van der Waals surface area contributed by atoms with Crippen molar-refractivity contribution in [2.45, 2.75) is 18.9 Å². The summed E-state index contributed by atoms with van der Waals surface area (Å²) in [7, 11) is 0. The van der Waals surface area contributed by atoms with Gasteiger partial charge in [-0.3, -0.25) is 4.79 Å². The van der Waals surface area contributed by atoms with Crippen LogP contribution < -0.4 is 20.1 Å². The van der Waals surface area contributed by atoms with Crippen LogP contribution in [0.15, 0.2) is 18.2 Å². The number of fused-ring (bicyclic) bond motifs is 1. The molecule has 1 amide bonds. The third kappa shape index (κ3) is 2.58. The minimum absolute atomic E-state index is 0.105. The lowest BCUT2D eigenvalue weighted by molar-refractivity contribution is -0.127. The van der Waals surface area contributed by atoms with Crippen molar-refractivity contribution in [2.75, 3.05) is 26.3 Å². The van der Waals surface area contributed by atoms with Gasteiger partial charge in [-0.15, -0.1) is 0 Å². The molecule has 2 heterocycles. The Kier molecular flexibility index (Phi) is 3.22. The number of ether oxygens (including phenoxy) is 2. The molecule has 1 aliphatic carbocycles. The van der Waals surface area contributed by atoms with E-state index in [9.17, 15) is 4.79 Å². The Hall–Kier alpha value is -1.75. The largest absolute Gasteiger partial charge is 0.486 e. The van der Waals surface area contributed by atoms with Gasteiger partial charge < -0.3 is 20.1 Å². The molecule has 5 heteroatoms. The van der Waals surface area contributed by atoms with Crippen LogP contribution in [0.1, 0.15) is 24.4 Å². The third-order valence-corrected chi connectivity index (χ3v) is 4.47. The molecule has 2 N–H and O–H groups in total. The monoisotopic (exact) mass is 288 g/mol. The molecule has 5 nitrogen and oxygen atoms in total. The fraction of sp³-hybridized carbons (Fsp3) is 0.562. The summed E-state index contributed by atoms with van der Waals surface area (Å²) in [6.07, 6.45) is 2.37. The van der Waals surface area contributed by atoms with Crippen LogP contribution in [0, 0.1) is 11.8 Å². The Morgan fingerprint density at radius 2 is 1.95 bits per heavy atom. The first kappa shape index (κ1) is 13.0. The van der Waals surface area contributed by atoms with Gasteiger partial charge in [0.2, 0.25) is 5.91 Å². The van der Waals surface area contributed by atoms with Crippen LogP contribution in [0.25, 0.3) is 0 Å². The highest BCUT2D eigenvalue weighted by Gasteiger charge is 2.36. The van der Waals surface area contributed by atoms with Gasteiger partial charge in [0.25, 0.3) is 0 Å². The maximum atomic E-state index is 12.2. The summed E-state index contributed by atoms with van der Waals surface area (Å²) in [5.74, 6) is 2.45. The molecule has 1 atom stereocenters. The fourth-order valence-corrected chi connectivity index (χ4v) is 2.90. The summed E-state index contributed by atoms with van der Waals surface area (Å²) < 4.78 is 11.2. The molecule has 0 bridgehead atoms. The van der Waals surface area contributed by atoms with Crippen molar-refractivity contribution in [1.29, 1.82) is 0 Å². The smallest absolute Gasteiger partial charge is 0.226 e. The number of hydrogen-bond acceptors (Lipinski definition) is 4. The van der Waals surface area contributed by atoms with Gasteiger partial charge in [0.05, 0.1) is 12.0 Å². The fourth-order valence-electron chi connectivity index (χ4n) is 2.90. The molecule has 0 aromatic heterocycles. The van der Waals surface area contributed by atoms with E-state index in [1.165, 1.54) is 12.8 Å². The van der Waals surface area contributed by atoms with Gasteiger partial charge in [0, 0.05) is 13.1 Å². The maximum absolute atomic E-state index is 12.2. The number of hydrogen-bond donors (Lipinski definition) is 2. The molecule has 21 heavy (non-hydrogen) atoms. The van der Waals surface area contributed by atoms with Crippen molar-refractivity contribution >= 4 is 5.91 Å². The van der Waals surface area contributed by atoms with E-state index in [0.717, 1.165) is 30.2 Å². The highest BCUT2D eigenvalue weighted by atomic mass is 16.6. The van der Waals surface area contributed by atoms with Crippen molar-refractivity contribution in [3.63, 3.8) is 0 Å². The zero-order chi connectivity index (χ0) is 14.2. The molecule has 1 aromatic carbocycles. The lowest BCUT2D eigenvalue weighted by Gasteiger charge is -2.29. The second-order valence-electron chi connectivity index (χ2n) is 6.08. The van der Waals surface area contributed by atoms with Crippen LogP contribution in [-0.2, 0) is 4.79 Å². The zero-order valence-electron chi connectivity index (χ0n) is 11.9. The van der Waals surface area contributed by atoms with Gasteiger partial charge >= 0.3 is 0 Å². The van der Waals surface area contributed by atoms with Crippen LogP contribution in [0.5, 0.6) is 11.5 Å². The molecule has 4 rings (SSSR count). The summed E-state index contributed by atoms with van der Waals surface area (Å²) in [6.45, 7) is 2.78. The van der Waals surface area contributed by atoms with Gasteiger partial charge in [-0.05, 0) is 36.5 Å². The second-order valence-corrected chi connectivity index (χ2v) is 6.08. The molecule has 3 aliphatic rings. The Balaban J connectivity index is 1.54. The standard InChI is InChI=1S/C16H20N2O3/c19-16(12-8-17-9-12)18-15(10-1-2-10)11-3-4-13-14(7-11)21-6-5-20-13/h3-4,7,10,12,15,17H,1-2,5-6,8-9H2,(H,18,19). The van der Waals surface area contributed by atoms with E-state index in [4.69, 9.17) is 9.47 Å². The van der Waals surface area contributed by atoms with E-state index in [0.29, 0.717) is 19.1 Å². The molecule has 1 saturated heterocycles. The summed E-state index contributed by atoms with van der Waals surface area (Å²) in [6, 6.07) is 6.14. The highest BCUT2D eigenvalue weighted by Crippen LogP contribution is 2.43. The van der Waals surface area contributed by atoms with E-state index in [2.05, 4.69) is 16.7 Å². The lowest BCUT2D eigenvalue weighted by atomic mass is 9.98. The molecule has 1 unspecified atom stereocenters. The van der Waals surface area contributed by atoms with Gasteiger partial charge in [0.1, 0.15) is 13.2 Å². The zero-order valence-corrected chi connectivity index (χ0v) is 11.9. The van der Waals surface area contributed by atoms with Crippen LogP contribution in [0.2, 0.25) is 0 Å². The van der Waals surface area contributed by atoms with Gasteiger partial charge in [-0.2, -0.15) is 0 Å². The molecule has 1 saturated carbocycles. The molecule has 0 spiro atoms. The molecule has 2 aliphatic heterocycles. The quantitative estimate of drug-likeness (QED) is 0.875. The Morgan fingerprint density at radius 3 is 2.62 bits per heavy atom. The van der Waals surface area contributed by atoms with E-state index in [-0.39, 0.29) is 17.9 Å². The topological polar surface area (TPSA) is 59.6 Å². The molecule has 1 aromatic rings. The van der Waals surface area contributed by atoms with Crippen LogP contribution >= 0.6 is 0 Å². The summed E-state index contributed by atoms with van der Waals surface area (Å²) in [5.41, 5.74) is 1.13. The number of amides is 1. The molecule has 0 radical (unpaired) electrons. The predicted molar refractivity (Wildman–Crippen MR) is 77.4 cm³/mol. The van der Waals surface area contributed by atoms with Crippen LogP contribution in [-0.4, -0.2) is 32.2 Å². The van der Waals surface area contributed by atoms with Crippen molar-refractivity contribution in [2.24, 2.45) is 11.8 Å². The summed E-state index contributed by atoms with van der Waals surface area (Å²) in [5, 5.41) is 6.37. The number of benzene rings is 1. The Labute approximate surface area is 124 Å². The van der Waals surface area contributed by atoms with Crippen molar-refractivity contribution < 1.29 is 14.3 Å².